The molecule has 230 valence electrons. The SMILES string of the molecule is Clc1ccc2c(oc3c4ccccc4ccc23)c1-c1nc(-c2ccc(-c3ccccc3)cc2)nc(-c2ccc3c(c2)sc2ccccc23)n1. The molecule has 0 bridgehead atoms. The number of fused-ring (bicyclic) bond motifs is 8. The molecule has 0 aliphatic heterocycles. The van der Waals surface area contributed by atoms with Crippen LogP contribution in [0, 0.1) is 0 Å². The Kier molecular flexibility index (Phi) is 6.38. The largest absolute Gasteiger partial charge is 0.455 e. The van der Waals surface area contributed by atoms with Gasteiger partial charge in [0.05, 0.1) is 10.6 Å². The maximum absolute atomic E-state index is 7.03. The summed E-state index contributed by atoms with van der Waals surface area (Å²) in [4.78, 5) is 15.2. The van der Waals surface area contributed by atoms with Crippen molar-refractivity contribution in [2.75, 3.05) is 0 Å². The molecule has 0 N–H and O–H groups in total. The number of aromatic nitrogens is 3. The van der Waals surface area contributed by atoms with Crippen LogP contribution in [0.5, 0.6) is 0 Å². The van der Waals surface area contributed by atoms with Crippen molar-refractivity contribution in [3.63, 3.8) is 0 Å². The second-order valence-electron chi connectivity index (χ2n) is 12.1. The summed E-state index contributed by atoms with van der Waals surface area (Å²) in [6, 6.07) is 50.0. The fourth-order valence-corrected chi connectivity index (χ4v) is 8.18. The third-order valence-corrected chi connectivity index (χ3v) is 10.7. The number of furan rings is 1. The summed E-state index contributed by atoms with van der Waals surface area (Å²) in [5.74, 6) is 1.59. The Balaban J connectivity index is 1.20. The highest BCUT2D eigenvalue weighted by atomic mass is 35.5. The topological polar surface area (TPSA) is 51.8 Å². The molecule has 0 fully saturated rings. The first-order valence-electron chi connectivity index (χ1n) is 16.0. The molecule has 0 saturated carbocycles. The molecule has 6 heteroatoms. The molecule has 10 rings (SSSR count). The van der Waals surface area contributed by atoms with Crippen LogP contribution in [-0.4, -0.2) is 15.0 Å². The first-order chi connectivity index (χ1) is 24.2. The highest BCUT2D eigenvalue weighted by Crippen LogP contribution is 2.42. The van der Waals surface area contributed by atoms with Crippen LogP contribution in [0.2, 0.25) is 5.02 Å². The molecular weight excluding hydrogens is 642 g/mol. The van der Waals surface area contributed by atoms with Crippen molar-refractivity contribution < 1.29 is 4.42 Å². The summed E-state index contributed by atoms with van der Waals surface area (Å²) in [7, 11) is 0. The van der Waals surface area contributed by atoms with Gasteiger partial charge in [-0.2, -0.15) is 0 Å². The molecule has 0 saturated heterocycles. The Morgan fingerprint density at radius 3 is 1.88 bits per heavy atom. The fourth-order valence-electron chi connectivity index (χ4n) is 6.81. The molecule has 0 atom stereocenters. The van der Waals surface area contributed by atoms with Crippen LogP contribution in [-0.2, 0) is 0 Å². The van der Waals surface area contributed by atoms with Gasteiger partial charge in [-0.15, -0.1) is 11.3 Å². The summed E-state index contributed by atoms with van der Waals surface area (Å²) in [6.07, 6.45) is 0. The number of halogens is 1. The van der Waals surface area contributed by atoms with Gasteiger partial charge < -0.3 is 4.42 Å². The van der Waals surface area contributed by atoms with Gasteiger partial charge in [0.1, 0.15) is 11.2 Å². The Hall–Kier alpha value is -5.88. The maximum Gasteiger partial charge on any atom is 0.169 e. The molecule has 3 aromatic heterocycles. The number of nitrogens with zero attached hydrogens (tertiary/aromatic N) is 3. The Labute approximate surface area is 289 Å². The maximum atomic E-state index is 7.03. The third kappa shape index (κ3) is 4.62. The minimum Gasteiger partial charge on any atom is -0.455 e. The Morgan fingerprint density at radius 1 is 0.429 bits per heavy atom. The van der Waals surface area contributed by atoms with Crippen LogP contribution < -0.4 is 0 Å². The number of thiophene rings is 1. The lowest BCUT2D eigenvalue weighted by molar-refractivity contribution is 0.673. The lowest BCUT2D eigenvalue weighted by Crippen LogP contribution is -2.00. The van der Waals surface area contributed by atoms with Crippen molar-refractivity contribution in [3.05, 3.63) is 151 Å². The quantitative estimate of drug-likeness (QED) is 0.188. The lowest BCUT2D eigenvalue weighted by atomic mass is 10.0. The van der Waals surface area contributed by atoms with Crippen molar-refractivity contribution in [1.29, 1.82) is 0 Å². The molecule has 10 aromatic rings. The molecule has 0 amide bonds. The minimum atomic E-state index is 0.461. The zero-order valence-corrected chi connectivity index (χ0v) is 27.5. The first kappa shape index (κ1) is 28.2. The van der Waals surface area contributed by atoms with Crippen molar-refractivity contribution in [2.24, 2.45) is 0 Å². The monoisotopic (exact) mass is 665 g/mol. The summed E-state index contributed by atoms with van der Waals surface area (Å²) < 4.78 is 9.13. The van der Waals surface area contributed by atoms with E-state index in [2.05, 4.69) is 103 Å². The summed E-state index contributed by atoms with van der Waals surface area (Å²) in [5, 5.41) is 7.12. The molecule has 4 nitrogen and oxygen atoms in total. The normalized spacial score (nSPS) is 11.8. The van der Waals surface area contributed by atoms with E-state index < -0.39 is 0 Å². The first-order valence-corrected chi connectivity index (χ1v) is 17.2. The van der Waals surface area contributed by atoms with E-state index in [1.807, 2.05) is 42.5 Å². The van der Waals surface area contributed by atoms with E-state index in [0.29, 0.717) is 33.6 Å². The Bertz CT molecular complexity index is 2890. The van der Waals surface area contributed by atoms with Gasteiger partial charge in [-0.05, 0) is 46.8 Å². The number of benzene rings is 7. The predicted octanol–water partition coefficient (Wildman–Crippen LogP) is 12.6. The summed E-state index contributed by atoms with van der Waals surface area (Å²) in [5.41, 5.74) is 6.18. The molecule has 0 aliphatic rings. The van der Waals surface area contributed by atoms with Gasteiger partial charge in [0.25, 0.3) is 0 Å². The van der Waals surface area contributed by atoms with Gasteiger partial charge in [-0.1, -0.05) is 127 Å². The van der Waals surface area contributed by atoms with Gasteiger partial charge >= 0.3 is 0 Å². The molecular formula is C43H24ClN3OS. The smallest absolute Gasteiger partial charge is 0.169 e. The van der Waals surface area contributed by atoms with Crippen molar-refractivity contribution in [2.45, 2.75) is 0 Å². The molecule has 49 heavy (non-hydrogen) atoms. The summed E-state index contributed by atoms with van der Waals surface area (Å²) in [6.45, 7) is 0. The van der Waals surface area contributed by atoms with Crippen molar-refractivity contribution >= 4 is 75.8 Å². The van der Waals surface area contributed by atoms with Crippen LogP contribution >= 0.6 is 22.9 Å². The summed E-state index contributed by atoms with van der Waals surface area (Å²) >= 11 is 8.80. The molecule has 0 aliphatic carbocycles. The number of hydrogen-bond acceptors (Lipinski definition) is 5. The fraction of sp³-hybridized carbons (Fsp3) is 0. The van der Waals surface area contributed by atoms with E-state index in [-0.39, 0.29) is 0 Å². The zero-order chi connectivity index (χ0) is 32.5. The second kappa shape index (κ2) is 11.1. The second-order valence-corrected chi connectivity index (χ2v) is 13.6. The van der Waals surface area contributed by atoms with Crippen molar-refractivity contribution in [3.8, 4) is 45.3 Å². The third-order valence-electron chi connectivity index (χ3n) is 9.23. The average Bonchev–Trinajstić information content (AvgIpc) is 3.73. The van der Waals surface area contributed by atoms with Crippen molar-refractivity contribution in [1.82, 2.24) is 15.0 Å². The van der Waals surface area contributed by atoms with Gasteiger partial charge in [-0.3, -0.25) is 0 Å². The number of rotatable bonds is 4. The molecule has 0 spiro atoms. The molecule has 0 radical (unpaired) electrons. The van der Waals surface area contributed by atoms with E-state index >= 15 is 0 Å². The van der Waals surface area contributed by atoms with E-state index in [1.54, 1.807) is 11.3 Å². The van der Waals surface area contributed by atoms with Crippen LogP contribution in [0.15, 0.2) is 150 Å². The van der Waals surface area contributed by atoms with Crippen LogP contribution in [0.4, 0.5) is 0 Å². The van der Waals surface area contributed by atoms with E-state index in [0.717, 1.165) is 49.4 Å². The highest BCUT2D eigenvalue weighted by molar-refractivity contribution is 7.25. The van der Waals surface area contributed by atoms with E-state index in [9.17, 15) is 0 Å². The lowest BCUT2D eigenvalue weighted by Gasteiger charge is -2.10. The van der Waals surface area contributed by atoms with Crippen LogP contribution in [0.1, 0.15) is 0 Å². The van der Waals surface area contributed by atoms with Gasteiger partial charge in [0.15, 0.2) is 17.5 Å². The van der Waals surface area contributed by atoms with E-state index in [4.69, 9.17) is 31.0 Å². The van der Waals surface area contributed by atoms with Crippen LogP contribution in [0.25, 0.3) is 98.2 Å². The van der Waals surface area contributed by atoms with Gasteiger partial charge in [0.2, 0.25) is 0 Å². The van der Waals surface area contributed by atoms with Crippen LogP contribution in [0.3, 0.4) is 0 Å². The van der Waals surface area contributed by atoms with Gasteiger partial charge in [-0.25, -0.2) is 15.0 Å². The molecule has 7 aromatic carbocycles. The molecule has 0 unspecified atom stereocenters. The number of hydrogen-bond donors (Lipinski definition) is 0. The highest BCUT2D eigenvalue weighted by Gasteiger charge is 2.22. The molecule has 3 heterocycles. The predicted molar refractivity (Wildman–Crippen MR) is 204 cm³/mol. The van der Waals surface area contributed by atoms with E-state index in [1.165, 1.54) is 20.2 Å². The van der Waals surface area contributed by atoms with Gasteiger partial charge in [0, 0.05) is 47.5 Å². The average molecular weight is 666 g/mol. The minimum absolute atomic E-state index is 0.461. The Morgan fingerprint density at radius 2 is 1.02 bits per heavy atom. The zero-order valence-electron chi connectivity index (χ0n) is 25.9. The standard InChI is InChI=1S/C43H24ClN3OS/c44-35-23-22-34-33-21-18-27-10-4-5-11-30(27)39(33)48-40(34)38(35)43-46-41(28-16-14-26(15-17-28)25-8-2-1-3-9-25)45-42(47-43)29-19-20-32-31-12-6-7-13-36(31)49-37(32)24-29/h1-24H.